The molecule has 186 valence electrons. The number of nitrogens with zero attached hydrogens (tertiary/aromatic N) is 3. The van der Waals surface area contributed by atoms with Crippen LogP contribution in [0.25, 0.3) is 0 Å². The molecule has 8 heteroatoms. The maximum Gasteiger partial charge on any atom is 0.254 e. The Hall–Kier alpha value is -3.55. The number of likely N-dealkylation sites (tertiary alicyclic amines) is 1. The number of carbonyl (C=O) groups is 2. The summed E-state index contributed by atoms with van der Waals surface area (Å²) in [5.41, 5.74) is 2.14. The van der Waals surface area contributed by atoms with E-state index < -0.39 is 5.41 Å². The van der Waals surface area contributed by atoms with Crippen molar-refractivity contribution in [1.82, 2.24) is 9.91 Å². The lowest BCUT2D eigenvalue weighted by Gasteiger charge is -2.36. The van der Waals surface area contributed by atoms with Crippen LogP contribution in [0.3, 0.4) is 0 Å². The molecule has 2 heterocycles. The number of hydrogen-bond acceptors (Lipinski definition) is 6. The van der Waals surface area contributed by atoms with Gasteiger partial charge in [-0.3, -0.25) is 9.59 Å². The number of rotatable bonds is 6. The van der Waals surface area contributed by atoms with E-state index in [2.05, 4.69) is 0 Å². The lowest BCUT2D eigenvalue weighted by atomic mass is 9.79. The minimum Gasteiger partial charge on any atom is -0.508 e. The Labute approximate surface area is 206 Å². The molecule has 1 saturated heterocycles. The number of hydrazone groups is 1. The number of piperidine rings is 1. The summed E-state index contributed by atoms with van der Waals surface area (Å²) in [6.45, 7) is 6.84. The molecule has 1 N–H and O–H groups in total. The molecule has 8 nitrogen and oxygen atoms in total. The number of ether oxygens (including phenoxy) is 2. The van der Waals surface area contributed by atoms with Gasteiger partial charge in [-0.25, -0.2) is 5.01 Å². The van der Waals surface area contributed by atoms with Crippen LogP contribution in [0.2, 0.25) is 0 Å². The highest BCUT2D eigenvalue weighted by molar-refractivity contribution is 6.19. The highest BCUT2D eigenvalue weighted by Gasteiger charge is 2.49. The van der Waals surface area contributed by atoms with Crippen molar-refractivity contribution in [3.63, 3.8) is 0 Å². The van der Waals surface area contributed by atoms with Gasteiger partial charge < -0.3 is 19.5 Å². The van der Waals surface area contributed by atoms with Gasteiger partial charge in [0.05, 0.1) is 31.4 Å². The van der Waals surface area contributed by atoms with E-state index in [-0.39, 0.29) is 23.6 Å². The summed E-state index contributed by atoms with van der Waals surface area (Å²) in [5, 5.41) is 16.3. The van der Waals surface area contributed by atoms with Crippen LogP contribution in [-0.4, -0.2) is 65.9 Å². The first-order chi connectivity index (χ1) is 16.7. The van der Waals surface area contributed by atoms with Gasteiger partial charge in [0.25, 0.3) is 11.8 Å². The average Bonchev–Trinajstić information content (AvgIpc) is 3.15. The van der Waals surface area contributed by atoms with Gasteiger partial charge in [-0.05, 0) is 69.0 Å². The fourth-order valence-corrected chi connectivity index (χ4v) is 4.87. The van der Waals surface area contributed by atoms with Crippen LogP contribution in [-0.2, 0) is 4.79 Å². The van der Waals surface area contributed by atoms with Gasteiger partial charge in [-0.1, -0.05) is 13.0 Å². The fraction of sp³-hybridized carbons (Fsp3) is 0.444. The maximum absolute atomic E-state index is 13.6. The first-order valence-electron chi connectivity index (χ1n) is 12.0. The zero-order valence-electron chi connectivity index (χ0n) is 21.0. The Bertz CT molecular complexity index is 1170. The van der Waals surface area contributed by atoms with Crippen LogP contribution in [0.5, 0.6) is 17.2 Å². The molecule has 2 amide bonds. The lowest BCUT2D eigenvalue weighted by molar-refractivity contribution is -0.138. The zero-order chi connectivity index (χ0) is 25.3. The van der Waals surface area contributed by atoms with Gasteiger partial charge in [0.1, 0.15) is 5.75 Å². The number of phenolic OH excluding ortho intramolecular Hbond substituents is 1. The molecule has 0 aliphatic carbocycles. The second kappa shape index (κ2) is 9.60. The topological polar surface area (TPSA) is 91.7 Å². The molecular weight excluding hydrogens is 446 g/mol. The molecule has 2 aromatic rings. The molecule has 35 heavy (non-hydrogen) atoms. The van der Waals surface area contributed by atoms with Gasteiger partial charge in [-0.2, -0.15) is 5.10 Å². The molecule has 4 rings (SSSR count). The van der Waals surface area contributed by atoms with E-state index in [1.807, 2.05) is 39.0 Å². The zero-order valence-corrected chi connectivity index (χ0v) is 21.0. The van der Waals surface area contributed by atoms with Crippen LogP contribution in [0, 0.1) is 12.3 Å². The first kappa shape index (κ1) is 24.6. The van der Waals surface area contributed by atoms with E-state index in [0.29, 0.717) is 49.4 Å². The van der Waals surface area contributed by atoms with E-state index in [0.717, 1.165) is 16.8 Å². The van der Waals surface area contributed by atoms with Crippen LogP contribution < -0.4 is 9.47 Å². The molecule has 0 aromatic heterocycles. The average molecular weight is 480 g/mol. The van der Waals surface area contributed by atoms with Gasteiger partial charge in [0.15, 0.2) is 11.5 Å². The fourth-order valence-electron chi connectivity index (χ4n) is 4.87. The third-order valence-electron chi connectivity index (χ3n) is 7.32. The Morgan fingerprint density at radius 3 is 2.43 bits per heavy atom. The van der Waals surface area contributed by atoms with Crippen molar-refractivity contribution in [2.45, 2.75) is 46.1 Å². The lowest BCUT2D eigenvalue weighted by Crippen LogP contribution is -2.48. The standard InChI is InChI=1S/C27H33N3O5/c1-6-27(3)24(18-8-10-22(34-4)23(15-18)35-5)28-30(26(27)33)19-11-13-29(14-12-19)25(32)21-16-20(31)9-7-17(21)2/h7-10,15-16,19,31H,6,11-14H2,1-5H3. The second-order valence-electron chi connectivity index (χ2n) is 9.38. The van der Waals surface area contributed by atoms with Crippen molar-refractivity contribution in [3.8, 4) is 17.2 Å². The third kappa shape index (κ3) is 4.33. The van der Waals surface area contributed by atoms with Gasteiger partial charge in [0.2, 0.25) is 0 Å². The van der Waals surface area contributed by atoms with E-state index in [1.165, 1.54) is 6.07 Å². The van der Waals surface area contributed by atoms with Crippen molar-refractivity contribution >= 4 is 17.5 Å². The predicted molar refractivity (Wildman–Crippen MR) is 133 cm³/mol. The van der Waals surface area contributed by atoms with Crippen molar-refractivity contribution in [2.75, 3.05) is 27.3 Å². The molecule has 1 fully saturated rings. The van der Waals surface area contributed by atoms with Crippen molar-refractivity contribution in [3.05, 3.63) is 53.1 Å². The van der Waals surface area contributed by atoms with E-state index >= 15 is 0 Å². The molecular formula is C27H33N3O5. The molecule has 2 aliphatic rings. The maximum atomic E-state index is 13.6. The molecule has 0 radical (unpaired) electrons. The summed E-state index contributed by atoms with van der Waals surface area (Å²) in [6, 6.07) is 10.4. The first-order valence-corrected chi connectivity index (χ1v) is 12.0. The van der Waals surface area contributed by atoms with Crippen molar-refractivity contribution in [1.29, 1.82) is 0 Å². The number of aryl methyl sites for hydroxylation is 1. The Kier molecular flexibility index (Phi) is 6.74. The van der Waals surface area contributed by atoms with E-state index in [9.17, 15) is 14.7 Å². The molecule has 0 saturated carbocycles. The summed E-state index contributed by atoms with van der Waals surface area (Å²) in [4.78, 5) is 28.4. The SMILES string of the molecule is CCC1(C)C(=O)N(C2CCN(C(=O)c3cc(O)ccc3C)CC2)N=C1c1ccc(OC)c(OC)c1. The van der Waals surface area contributed by atoms with Gasteiger partial charge >= 0.3 is 0 Å². The quantitative estimate of drug-likeness (QED) is 0.677. The molecule has 0 spiro atoms. The van der Waals surface area contributed by atoms with Gasteiger partial charge in [-0.15, -0.1) is 0 Å². The molecule has 2 aliphatic heterocycles. The molecule has 1 unspecified atom stereocenters. The number of carbonyl (C=O) groups excluding carboxylic acids is 2. The van der Waals surface area contributed by atoms with Crippen LogP contribution in [0.15, 0.2) is 41.5 Å². The number of phenols is 1. The second-order valence-corrected chi connectivity index (χ2v) is 9.38. The largest absolute Gasteiger partial charge is 0.508 e. The molecule has 2 aromatic carbocycles. The predicted octanol–water partition coefficient (Wildman–Crippen LogP) is 3.99. The Morgan fingerprint density at radius 2 is 1.80 bits per heavy atom. The Morgan fingerprint density at radius 1 is 1.11 bits per heavy atom. The number of benzene rings is 2. The monoisotopic (exact) mass is 479 g/mol. The summed E-state index contributed by atoms with van der Waals surface area (Å²) >= 11 is 0. The third-order valence-corrected chi connectivity index (χ3v) is 7.32. The van der Waals surface area contributed by atoms with Gasteiger partial charge in [0, 0.05) is 24.2 Å². The molecule has 1 atom stereocenters. The summed E-state index contributed by atoms with van der Waals surface area (Å²) in [6.07, 6.45) is 1.89. The van der Waals surface area contributed by atoms with Crippen molar-refractivity contribution < 1.29 is 24.2 Å². The minimum absolute atomic E-state index is 0.0154. The summed E-state index contributed by atoms with van der Waals surface area (Å²) in [7, 11) is 3.17. The number of methoxy groups -OCH3 is 2. The normalized spacial score (nSPS) is 20.7. The molecule has 0 bridgehead atoms. The number of amides is 2. The minimum atomic E-state index is -0.745. The van der Waals surface area contributed by atoms with Crippen LogP contribution in [0.1, 0.15) is 54.6 Å². The highest BCUT2D eigenvalue weighted by Crippen LogP contribution is 2.40. The van der Waals surface area contributed by atoms with Crippen LogP contribution >= 0.6 is 0 Å². The van der Waals surface area contributed by atoms with Crippen LogP contribution in [0.4, 0.5) is 0 Å². The van der Waals surface area contributed by atoms with E-state index in [1.54, 1.807) is 36.3 Å². The van der Waals surface area contributed by atoms with E-state index in [4.69, 9.17) is 14.6 Å². The summed E-state index contributed by atoms with van der Waals surface area (Å²) < 4.78 is 10.8. The van der Waals surface area contributed by atoms with Crippen molar-refractivity contribution in [2.24, 2.45) is 10.5 Å². The smallest absolute Gasteiger partial charge is 0.254 e. The Balaban J connectivity index is 1.55. The number of hydrogen-bond donors (Lipinski definition) is 1. The summed E-state index contributed by atoms with van der Waals surface area (Å²) in [5.74, 6) is 1.17. The highest BCUT2D eigenvalue weighted by atomic mass is 16.5. The number of aromatic hydroxyl groups is 1.